The number of allylic oxidation sites excluding steroid dienone is 1. The molecule has 3 rings (SSSR count). The number of nitrogens with one attached hydrogen (secondary N) is 1. The molecule has 164 valence electrons. The Morgan fingerprint density at radius 3 is 2.50 bits per heavy atom. The highest BCUT2D eigenvalue weighted by Crippen LogP contribution is 2.22. The third kappa shape index (κ3) is 6.47. The molecule has 1 atom stereocenters. The van der Waals surface area contributed by atoms with Gasteiger partial charge in [-0.05, 0) is 54.8 Å². The molecule has 0 heterocycles. The van der Waals surface area contributed by atoms with Gasteiger partial charge < -0.3 is 14.6 Å². The Morgan fingerprint density at radius 1 is 1.06 bits per heavy atom. The maximum Gasteiger partial charge on any atom is 0.280 e. The van der Waals surface area contributed by atoms with Crippen LogP contribution in [-0.4, -0.2) is 23.3 Å². The van der Waals surface area contributed by atoms with E-state index in [1.165, 1.54) is 6.21 Å². The Balaban J connectivity index is 1.49. The Labute approximate surface area is 187 Å². The highest BCUT2D eigenvalue weighted by atomic mass is 16.5. The zero-order valence-electron chi connectivity index (χ0n) is 17.9. The van der Waals surface area contributed by atoms with Crippen LogP contribution in [0.1, 0.15) is 23.6 Å². The SMILES string of the molecule is C=CCc1cccc(/C=N\NC(=O)[C@H](C)Oc2ccc(OCc3ccccc3)cc2)c1O. The molecule has 0 aliphatic rings. The maximum absolute atomic E-state index is 12.3. The number of benzene rings is 3. The minimum Gasteiger partial charge on any atom is -0.507 e. The second kappa shape index (κ2) is 11.4. The van der Waals surface area contributed by atoms with Crippen molar-refractivity contribution in [3.8, 4) is 17.2 Å². The van der Waals surface area contributed by atoms with Crippen LogP contribution in [0.15, 0.2) is 90.6 Å². The molecule has 0 unspecified atom stereocenters. The average molecular weight is 431 g/mol. The van der Waals surface area contributed by atoms with Gasteiger partial charge in [0, 0.05) is 5.56 Å². The molecule has 0 aliphatic heterocycles. The first-order valence-electron chi connectivity index (χ1n) is 10.2. The van der Waals surface area contributed by atoms with E-state index in [0.717, 1.165) is 11.1 Å². The van der Waals surface area contributed by atoms with Gasteiger partial charge in [0.2, 0.25) is 0 Å². The summed E-state index contributed by atoms with van der Waals surface area (Å²) in [7, 11) is 0. The Morgan fingerprint density at radius 2 is 1.78 bits per heavy atom. The molecular formula is C26H26N2O4. The average Bonchev–Trinajstić information content (AvgIpc) is 2.81. The second-order valence-corrected chi connectivity index (χ2v) is 7.09. The molecular weight excluding hydrogens is 404 g/mol. The molecule has 0 spiro atoms. The summed E-state index contributed by atoms with van der Waals surface area (Å²) in [6.07, 6.45) is 2.88. The number of aromatic hydroxyl groups is 1. The first-order valence-corrected chi connectivity index (χ1v) is 10.2. The van der Waals surface area contributed by atoms with E-state index in [-0.39, 0.29) is 5.75 Å². The van der Waals surface area contributed by atoms with E-state index in [1.54, 1.807) is 55.5 Å². The van der Waals surface area contributed by atoms with Crippen molar-refractivity contribution in [2.45, 2.75) is 26.1 Å². The van der Waals surface area contributed by atoms with Gasteiger partial charge in [0.25, 0.3) is 5.91 Å². The van der Waals surface area contributed by atoms with Crippen LogP contribution < -0.4 is 14.9 Å². The minimum absolute atomic E-state index is 0.115. The van der Waals surface area contributed by atoms with Gasteiger partial charge >= 0.3 is 0 Å². The highest BCUT2D eigenvalue weighted by Gasteiger charge is 2.14. The molecule has 6 nitrogen and oxygen atoms in total. The van der Waals surface area contributed by atoms with Crippen molar-refractivity contribution in [3.05, 3.63) is 102 Å². The number of carbonyl (C=O) groups is 1. The summed E-state index contributed by atoms with van der Waals surface area (Å²) < 4.78 is 11.4. The molecule has 0 aromatic heterocycles. The largest absolute Gasteiger partial charge is 0.507 e. The topological polar surface area (TPSA) is 80.2 Å². The second-order valence-electron chi connectivity index (χ2n) is 7.09. The quantitative estimate of drug-likeness (QED) is 0.279. The molecule has 0 aliphatic carbocycles. The molecule has 3 aromatic carbocycles. The summed E-state index contributed by atoms with van der Waals surface area (Å²) in [5.74, 6) is 0.955. The van der Waals surface area contributed by atoms with Crippen molar-refractivity contribution in [1.29, 1.82) is 0 Å². The third-order valence-corrected chi connectivity index (χ3v) is 4.65. The van der Waals surface area contributed by atoms with E-state index in [9.17, 15) is 9.90 Å². The molecule has 0 bridgehead atoms. The van der Waals surface area contributed by atoms with Gasteiger partial charge in [0.05, 0.1) is 6.21 Å². The molecule has 6 heteroatoms. The number of carbonyl (C=O) groups excluding carboxylic acids is 1. The molecule has 0 radical (unpaired) electrons. The number of hydrogen-bond acceptors (Lipinski definition) is 5. The van der Waals surface area contributed by atoms with E-state index in [4.69, 9.17) is 9.47 Å². The number of phenolic OH excluding ortho intramolecular Hbond substituents is 1. The number of para-hydroxylation sites is 1. The molecule has 0 saturated carbocycles. The number of phenols is 1. The van der Waals surface area contributed by atoms with Gasteiger partial charge in [-0.1, -0.05) is 48.5 Å². The van der Waals surface area contributed by atoms with Crippen LogP contribution in [0.25, 0.3) is 0 Å². The van der Waals surface area contributed by atoms with Gasteiger partial charge in [-0.3, -0.25) is 4.79 Å². The summed E-state index contributed by atoms with van der Waals surface area (Å²) in [4.78, 5) is 12.3. The van der Waals surface area contributed by atoms with Crippen LogP contribution in [0.5, 0.6) is 17.2 Å². The minimum atomic E-state index is -0.760. The Hall–Kier alpha value is -4.06. The zero-order chi connectivity index (χ0) is 22.8. The molecule has 2 N–H and O–H groups in total. The van der Waals surface area contributed by atoms with Gasteiger partial charge in [-0.15, -0.1) is 6.58 Å². The molecule has 1 amide bonds. The summed E-state index contributed by atoms with van der Waals surface area (Å²) in [6.45, 7) is 5.78. The highest BCUT2D eigenvalue weighted by molar-refractivity contribution is 5.86. The van der Waals surface area contributed by atoms with Gasteiger partial charge in [0.15, 0.2) is 6.10 Å². The third-order valence-electron chi connectivity index (χ3n) is 4.65. The van der Waals surface area contributed by atoms with Crippen LogP contribution in [-0.2, 0) is 17.8 Å². The lowest BCUT2D eigenvalue weighted by Crippen LogP contribution is -2.33. The fraction of sp³-hybridized carbons (Fsp3) is 0.154. The number of nitrogens with zero attached hydrogens (tertiary/aromatic N) is 1. The van der Waals surface area contributed by atoms with Crippen molar-refractivity contribution >= 4 is 12.1 Å². The van der Waals surface area contributed by atoms with E-state index in [2.05, 4.69) is 17.1 Å². The number of amides is 1. The summed E-state index contributed by atoms with van der Waals surface area (Å²) in [5.41, 5.74) is 4.76. The lowest BCUT2D eigenvalue weighted by Gasteiger charge is -2.13. The normalized spacial score (nSPS) is 11.7. The predicted molar refractivity (Wildman–Crippen MR) is 125 cm³/mol. The molecule has 0 fully saturated rings. The Bertz CT molecular complexity index is 1060. The number of hydrazone groups is 1. The molecule has 32 heavy (non-hydrogen) atoms. The number of ether oxygens (including phenoxy) is 2. The number of rotatable bonds is 10. The Kier molecular flexibility index (Phi) is 8.03. The predicted octanol–water partition coefficient (Wildman–Crippen LogP) is 4.62. The maximum atomic E-state index is 12.3. The summed E-state index contributed by atoms with van der Waals surface area (Å²) in [6, 6.07) is 22.3. The molecule has 0 saturated heterocycles. The zero-order valence-corrected chi connectivity index (χ0v) is 17.9. The lowest BCUT2D eigenvalue weighted by atomic mass is 10.1. The van der Waals surface area contributed by atoms with Crippen molar-refractivity contribution in [1.82, 2.24) is 5.43 Å². The number of hydrogen-bond donors (Lipinski definition) is 2. The van der Waals surface area contributed by atoms with Crippen LogP contribution in [0, 0.1) is 0 Å². The van der Waals surface area contributed by atoms with E-state index >= 15 is 0 Å². The first kappa shape index (κ1) is 22.6. The smallest absolute Gasteiger partial charge is 0.280 e. The van der Waals surface area contributed by atoms with E-state index in [1.807, 2.05) is 30.3 Å². The first-order chi connectivity index (χ1) is 15.6. The van der Waals surface area contributed by atoms with Gasteiger partial charge in [-0.2, -0.15) is 5.10 Å². The summed E-state index contributed by atoms with van der Waals surface area (Å²) >= 11 is 0. The van der Waals surface area contributed by atoms with Crippen LogP contribution in [0.2, 0.25) is 0 Å². The van der Waals surface area contributed by atoms with Crippen LogP contribution in [0.4, 0.5) is 0 Å². The monoisotopic (exact) mass is 430 g/mol. The van der Waals surface area contributed by atoms with Crippen LogP contribution >= 0.6 is 0 Å². The van der Waals surface area contributed by atoms with Crippen molar-refractivity contribution < 1.29 is 19.4 Å². The van der Waals surface area contributed by atoms with Crippen molar-refractivity contribution in [2.24, 2.45) is 5.10 Å². The van der Waals surface area contributed by atoms with Crippen molar-refractivity contribution in [3.63, 3.8) is 0 Å². The fourth-order valence-electron chi connectivity index (χ4n) is 2.90. The van der Waals surface area contributed by atoms with Crippen LogP contribution in [0.3, 0.4) is 0 Å². The standard InChI is InChI=1S/C26H26N2O4/c1-3-8-21-11-7-12-22(25(21)29)17-27-28-26(30)19(2)32-24-15-13-23(14-16-24)31-18-20-9-5-4-6-10-20/h3-7,9-17,19,29H,1,8,18H2,2H3,(H,28,30)/b27-17-/t19-/m0/s1. The fourth-order valence-corrected chi connectivity index (χ4v) is 2.90. The van der Waals surface area contributed by atoms with Crippen molar-refractivity contribution in [2.75, 3.05) is 0 Å². The lowest BCUT2D eigenvalue weighted by molar-refractivity contribution is -0.127. The van der Waals surface area contributed by atoms with E-state index < -0.39 is 12.0 Å². The van der Waals surface area contributed by atoms with E-state index in [0.29, 0.717) is 30.1 Å². The van der Waals surface area contributed by atoms with Gasteiger partial charge in [0.1, 0.15) is 23.9 Å². The summed E-state index contributed by atoms with van der Waals surface area (Å²) in [5, 5.41) is 14.2. The molecule has 3 aromatic rings. The van der Waals surface area contributed by atoms with Gasteiger partial charge in [-0.25, -0.2) is 5.43 Å².